The average molecular weight is 415 g/mol. The van der Waals surface area contributed by atoms with Crippen LogP contribution in [0.2, 0.25) is 0 Å². The molecule has 0 aliphatic heterocycles. The van der Waals surface area contributed by atoms with Crippen LogP contribution in [0.4, 0.5) is 0 Å². The number of benzene rings is 1. The molecule has 1 aliphatic carbocycles. The monoisotopic (exact) mass is 414 g/mol. The smallest absolute Gasteiger partial charge is 0.339 e. The number of rotatable bonds is 8. The highest BCUT2D eigenvalue weighted by Crippen LogP contribution is 2.23. The Labute approximate surface area is 177 Å². The second-order valence-corrected chi connectivity index (χ2v) is 7.92. The third-order valence-corrected chi connectivity index (χ3v) is 5.58. The minimum atomic E-state index is -0.854. The zero-order valence-electron chi connectivity index (χ0n) is 17.9. The van der Waals surface area contributed by atoms with Gasteiger partial charge in [-0.25, -0.2) is 4.79 Å². The summed E-state index contributed by atoms with van der Waals surface area (Å²) >= 11 is 0. The van der Waals surface area contributed by atoms with Gasteiger partial charge in [0.25, 0.3) is 5.91 Å². The van der Waals surface area contributed by atoms with Gasteiger partial charge in [0.05, 0.1) is 16.8 Å². The van der Waals surface area contributed by atoms with E-state index in [2.05, 4.69) is 10.5 Å². The normalized spacial score (nSPS) is 15.4. The van der Waals surface area contributed by atoms with E-state index in [1.165, 1.54) is 19.3 Å². The maximum absolute atomic E-state index is 12.5. The molecular weight excluding hydrogens is 384 g/mol. The van der Waals surface area contributed by atoms with Crippen LogP contribution in [0, 0.1) is 19.8 Å². The van der Waals surface area contributed by atoms with E-state index in [4.69, 9.17) is 14.0 Å². The van der Waals surface area contributed by atoms with Gasteiger partial charge in [-0.3, -0.25) is 4.79 Å². The summed E-state index contributed by atoms with van der Waals surface area (Å²) in [7, 11) is 0. The van der Waals surface area contributed by atoms with Gasteiger partial charge in [-0.05, 0) is 57.7 Å². The molecule has 162 valence electrons. The number of ether oxygens (including phenoxy) is 2. The number of aryl methyl sites for hydroxylation is 2. The molecule has 2 aromatic rings. The first-order chi connectivity index (χ1) is 14.4. The van der Waals surface area contributed by atoms with E-state index >= 15 is 0 Å². The molecule has 0 bridgehead atoms. The second kappa shape index (κ2) is 10.3. The molecule has 0 saturated heterocycles. The van der Waals surface area contributed by atoms with Gasteiger partial charge in [0, 0.05) is 6.54 Å². The lowest BCUT2D eigenvalue weighted by molar-refractivity contribution is -0.129. The standard InChI is InChI=1S/C23H30N2O5/c1-15-21(16(2)30-25-15)14-28-20-11-7-10-19(12-20)23(27)29-17(3)22(26)24-13-18-8-5-4-6-9-18/h7,10-12,17-18H,4-6,8-9,13-14H2,1-3H3,(H,24,26)/t17-/m0/s1. The first kappa shape index (κ1) is 21.9. The van der Waals surface area contributed by atoms with Crippen LogP contribution < -0.4 is 10.1 Å². The summed E-state index contributed by atoms with van der Waals surface area (Å²) in [5, 5.41) is 6.81. The molecular formula is C23H30N2O5. The highest BCUT2D eigenvalue weighted by Gasteiger charge is 2.21. The van der Waals surface area contributed by atoms with Crippen LogP contribution in [0.25, 0.3) is 0 Å². The van der Waals surface area contributed by atoms with Crippen molar-refractivity contribution in [2.24, 2.45) is 5.92 Å². The Morgan fingerprint density at radius 2 is 2.00 bits per heavy atom. The van der Waals surface area contributed by atoms with Crippen molar-refractivity contribution in [2.45, 2.75) is 65.6 Å². The number of carbonyl (C=O) groups excluding carboxylic acids is 2. The number of nitrogens with one attached hydrogen (secondary N) is 1. The molecule has 1 heterocycles. The fourth-order valence-corrected chi connectivity index (χ4v) is 3.64. The van der Waals surface area contributed by atoms with Crippen LogP contribution in [0.3, 0.4) is 0 Å². The quantitative estimate of drug-likeness (QED) is 0.654. The Kier molecular flexibility index (Phi) is 7.49. The molecule has 30 heavy (non-hydrogen) atoms. The number of hydrogen-bond donors (Lipinski definition) is 1. The Morgan fingerprint density at radius 1 is 1.23 bits per heavy atom. The van der Waals surface area contributed by atoms with Gasteiger partial charge in [-0.15, -0.1) is 0 Å². The van der Waals surface area contributed by atoms with Gasteiger partial charge in [0.1, 0.15) is 18.1 Å². The summed E-state index contributed by atoms with van der Waals surface area (Å²) in [6.45, 7) is 6.20. The summed E-state index contributed by atoms with van der Waals surface area (Å²) in [5.41, 5.74) is 1.99. The van der Waals surface area contributed by atoms with Gasteiger partial charge in [0.2, 0.25) is 0 Å². The predicted octanol–water partition coefficient (Wildman–Crippen LogP) is 4.11. The van der Waals surface area contributed by atoms with Crippen molar-refractivity contribution in [3.8, 4) is 5.75 Å². The summed E-state index contributed by atoms with van der Waals surface area (Å²) < 4.78 is 16.3. The van der Waals surface area contributed by atoms with Crippen molar-refractivity contribution in [3.05, 3.63) is 46.8 Å². The van der Waals surface area contributed by atoms with Gasteiger partial charge in [-0.1, -0.05) is 30.5 Å². The van der Waals surface area contributed by atoms with Crippen molar-refractivity contribution in [1.82, 2.24) is 10.5 Å². The van der Waals surface area contributed by atoms with Gasteiger partial charge in [-0.2, -0.15) is 0 Å². The lowest BCUT2D eigenvalue weighted by Gasteiger charge is -2.22. The van der Waals surface area contributed by atoms with Crippen molar-refractivity contribution >= 4 is 11.9 Å². The predicted molar refractivity (Wildman–Crippen MR) is 111 cm³/mol. The van der Waals surface area contributed by atoms with E-state index < -0.39 is 12.1 Å². The van der Waals surface area contributed by atoms with E-state index in [0.717, 1.165) is 24.1 Å². The molecule has 0 unspecified atom stereocenters. The van der Waals surface area contributed by atoms with Crippen molar-refractivity contribution < 1.29 is 23.6 Å². The molecule has 1 fully saturated rings. The van der Waals surface area contributed by atoms with Crippen molar-refractivity contribution in [3.63, 3.8) is 0 Å². The Morgan fingerprint density at radius 3 is 2.70 bits per heavy atom. The van der Waals surface area contributed by atoms with Crippen LogP contribution in [0.15, 0.2) is 28.8 Å². The zero-order valence-corrected chi connectivity index (χ0v) is 17.9. The van der Waals surface area contributed by atoms with E-state index in [-0.39, 0.29) is 5.91 Å². The van der Waals surface area contributed by atoms with Gasteiger partial charge in [0.15, 0.2) is 6.10 Å². The maximum atomic E-state index is 12.5. The van der Waals surface area contributed by atoms with Crippen molar-refractivity contribution in [2.75, 3.05) is 6.54 Å². The Bertz CT molecular complexity index is 851. The number of carbonyl (C=O) groups is 2. The minimum absolute atomic E-state index is 0.264. The fraction of sp³-hybridized carbons (Fsp3) is 0.522. The largest absolute Gasteiger partial charge is 0.489 e. The molecule has 0 radical (unpaired) electrons. The summed E-state index contributed by atoms with van der Waals surface area (Å²) in [6, 6.07) is 6.72. The Balaban J connectivity index is 1.50. The van der Waals surface area contributed by atoms with Crippen molar-refractivity contribution in [1.29, 1.82) is 0 Å². The molecule has 3 rings (SSSR count). The van der Waals surface area contributed by atoms with Crippen LogP contribution in [0.1, 0.15) is 66.4 Å². The fourth-order valence-electron chi connectivity index (χ4n) is 3.64. The van der Waals surface area contributed by atoms with E-state index in [1.54, 1.807) is 31.2 Å². The lowest BCUT2D eigenvalue weighted by atomic mass is 9.89. The van der Waals surface area contributed by atoms with E-state index in [0.29, 0.717) is 36.1 Å². The number of esters is 1. The first-order valence-corrected chi connectivity index (χ1v) is 10.6. The molecule has 1 amide bonds. The van der Waals surface area contributed by atoms with Crippen LogP contribution in [-0.2, 0) is 16.1 Å². The summed E-state index contributed by atoms with van der Waals surface area (Å²) in [6.07, 6.45) is 5.16. The highest BCUT2D eigenvalue weighted by molar-refractivity contribution is 5.92. The molecule has 0 spiro atoms. The average Bonchev–Trinajstić information content (AvgIpc) is 3.08. The molecule has 7 nitrogen and oxygen atoms in total. The third kappa shape index (κ3) is 5.84. The molecule has 1 atom stereocenters. The summed E-state index contributed by atoms with van der Waals surface area (Å²) in [5.74, 6) is 0.935. The van der Waals surface area contributed by atoms with Crippen LogP contribution in [-0.4, -0.2) is 29.7 Å². The zero-order chi connectivity index (χ0) is 21.5. The van der Waals surface area contributed by atoms with E-state index in [1.807, 2.05) is 13.8 Å². The second-order valence-electron chi connectivity index (χ2n) is 7.92. The number of aromatic nitrogens is 1. The number of amides is 1. The van der Waals surface area contributed by atoms with E-state index in [9.17, 15) is 9.59 Å². The lowest BCUT2D eigenvalue weighted by Crippen LogP contribution is -2.38. The minimum Gasteiger partial charge on any atom is -0.489 e. The van der Waals surface area contributed by atoms with Gasteiger partial charge >= 0.3 is 5.97 Å². The summed E-state index contributed by atoms with van der Waals surface area (Å²) in [4.78, 5) is 24.8. The Hall–Kier alpha value is -2.83. The SMILES string of the molecule is Cc1noc(C)c1COc1cccc(C(=O)O[C@@H](C)C(=O)NCC2CCCCC2)c1. The van der Waals surface area contributed by atoms with Crippen LogP contribution in [0.5, 0.6) is 5.75 Å². The molecule has 1 aromatic heterocycles. The molecule has 1 aromatic carbocycles. The first-order valence-electron chi connectivity index (χ1n) is 10.6. The number of hydrogen-bond acceptors (Lipinski definition) is 6. The third-order valence-electron chi connectivity index (χ3n) is 5.58. The maximum Gasteiger partial charge on any atom is 0.339 e. The topological polar surface area (TPSA) is 90.7 Å². The van der Waals surface area contributed by atoms with Crippen LogP contribution >= 0.6 is 0 Å². The number of nitrogens with zero attached hydrogens (tertiary/aromatic N) is 1. The van der Waals surface area contributed by atoms with Gasteiger partial charge < -0.3 is 19.3 Å². The molecule has 1 saturated carbocycles. The molecule has 1 N–H and O–H groups in total. The molecule has 1 aliphatic rings. The molecule has 7 heteroatoms. The highest BCUT2D eigenvalue weighted by atomic mass is 16.5.